The van der Waals surface area contributed by atoms with Crippen molar-refractivity contribution in [2.45, 2.75) is 45.7 Å². The van der Waals surface area contributed by atoms with Crippen LogP contribution in [0.4, 0.5) is 16.3 Å². The van der Waals surface area contributed by atoms with Gasteiger partial charge < -0.3 is 15.5 Å². The number of amides is 2. The van der Waals surface area contributed by atoms with E-state index in [1.807, 2.05) is 25.3 Å². The summed E-state index contributed by atoms with van der Waals surface area (Å²) in [5.74, 6) is 1.03. The van der Waals surface area contributed by atoms with Crippen molar-refractivity contribution in [2.24, 2.45) is 0 Å². The highest BCUT2D eigenvalue weighted by atomic mass is 16.2. The second kappa shape index (κ2) is 8.50. The van der Waals surface area contributed by atoms with Crippen molar-refractivity contribution in [3.05, 3.63) is 36.3 Å². The molecule has 2 amide bonds. The molecule has 2 N–H and O–H groups in total. The minimum Gasteiger partial charge on any atom is -0.357 e. The molecule has 3 heterocycles. The van der Waals surface area contributed by atoms with Crippen LogP contribution >= 0.6 is 0 Å². The van der Waals surface area contributed by atoms with E-state index in [4.69, 9.17) is 0 Å². The third-order valence-electron chi connectivity index (χ3n) is 4.41. The number of urea groups is 1. The average Bonchev–Trinajstić information content (AvgIpc) is 2.91. The van der Waals surface area contributed by atoms with Gasteiger partial charge in [-0.25, -0.2) is 9.78 Å². The van der Waals surface area contributed by atoms with Crippen LogP contribution in [0.2, 0.25) is 0 Å². The lowest BCUT2D eigenvalue weighted by atomic mass is 10.2. The number of aromatic nitrogens is 3. The van der Waals surface area contributed by atoms with Crippen LogP contribution in [0.25, 0.3) is 0 Å². The molecule has 3 rings (SSSR count). The molecule has 25 heavy (non-hydrogen) atoms. The van der Waals surface area contributed by atoms with E-state index in [2.05, 4.69) is 25.6 Å². The summed E-state index contributed by atoms with van der Waals surface area (Å²) in [6, 6.07) is 3.83. The van der Waals surface area contributed by atoms with E-state index in [1.165, 1.54) is 25.7 Å². The Bertz CT molecular complexity index is 673. The van der Waals surface area contributed by atoms with Crippen molar-refractivity contribution in [3.63, 3.8) is 0 Å². The fourth-order valence-corrected chi connectivity index (χ4v) is 2.97. The van der Waals surface area contributed by atoms with Gasteiger partial charge >= 0.3 is 6.03 Å². The summed E-state index contributed by atoms with van der Waals surface area (Å²) in [5.41, 5.74) is 1.67. The normalized spacial score (nSPS) is 14.8. The van der Waals surface area contributed by atoms with Crippen molar-refractivity contribution in [3.8, 4) is 0 Å². The van der Waals surface area contributed by atoms with Gasteiger partial charge in [0, 0.05) is 38.6 Å². The average molecular weight is 342 g/mol. The quantitative estimate of drug-likeness (QED) is 0.876. The Labute approximate surface area is 148 Å². The SMILES string of the molecule is CCn1cc(NC(=O)NCc2ccc(N3CCCCCC3)nc2)cn1. The number of pyridine rings is 1. The van der Waals surface area contributed by atoms with Crippen LogP contribution in [-0.4, -0.2) is 33.9 Å². The molecule has 1 aliphatic heterocycles. The highest BCUT2D eigenvalue weighted by molar-refractivity contribution is 5.88. The Hall–Kier alpha value is -2.57. The maximum Gasteiger partial charge on any atom is 0.319 e. The molecule has 1 aliphatic rings. The lowest BCUT2D eigenvalue weighted by molar-refractivity contribution is 0.251. The first-order valence-electron chi connectivity index (χ1n) is 9.02. The van der Waals surface area contributed by atoms with Gasteiger partial charge in [0.2, 0.25) is 0 Å². The molecule has 0 aromatic carbocycles. The Balaban J connectivity index is 1.48. The van der Waals surface area contributed by atoms with E-state index in [9.17, 15) is 4.79 Å². The second-order valence-corrected chi connectivity index (χ2v) is 6.32. The molecule has 0 bridgehead atoms. The van der Waals surface area contributed by atoms with E-state index < -0.39 is 0 Å². The van der Waals surface area contributed by atoms with Crippen LogP contribution in [-0.2, 0) is 13.1 Å². The Kier molecular flexibility index (Phi) is 5.87. The number of carbonyl (C=O) groups excluding carboxylic acids is 1. The predicted octanol–water partition coefficient (Wildman–Crippen LogP) is 3.00. The molecular formula is C18H26N6O. The maximum absolute atomic E-state index is 11.9. The van der Waals surface area contributed by atoms with Gasteiger partial charge in [-0.3, -0.25) is 4.68 Å². The number of hydrogen-bond donors (Lipinski definition) is 2. The van der Waals surface area contributed by atoms with Crippen LogP contribution in [0.3, 0.4) is 0 Å². The molecule has 7 heteroatoms. The molecule has 1 saturated heterocycles. The minimum absolute atomic E-state index is 0.243. The van der Waals surface area contributed by atoms with E-state index in [1.54, 1.807) is 17.1 Å². The molecule has 0 unspecified atom stereocenters. The van der Waals surface area contributed by atoms with E-state index in [0.29, 0.717) is 12.2 Å². The van der Waals surface area contributed by atoms with Gasteiger partial charge in [0.1, 0.15) is 5.82 Å². The monoisotopic (exact) mass is 342 g/mol. The molecule has 0 aliphatic carbocycles. The zero-order valence-corrected chi connectivity index (χ0v) is 14.7. The molecule has 2 aromatic heterocycles. The highest BCUT2D eigenvalue weighted by Gasteiger charge is 2.11. The molecule has 0 radical (unpaired) electrons. The zero-order chi connectivity index (χ0) is 17.5. The van der Waals surface area contributed by atoms with Gasteiger partial charge in [-0.05, 0) is 31.4 Å². The summed E-state index contributed by atoms with van der Waals surface area (Å²) in [6.07, 6.45) is 10.4. The number of nitrogens with one attached hydrogen (secondary N) is 2. The summed E-state index contributed by atoms with van der Waals surface area (Å²) >= 11 is 0. The summed E-state index contributed by atoms with van der Waals surface area (Å²) in [7, 11) is 0. The van der Waals surface area contributed by atoms with Crippen molar-refractivity contribution < 1.29 is 4.79 Å². The Morgan fingerprint density at radius 2 is 1.96 bits per heavy atom. The van der Waals surface area contributed by atoms with Gasteiger partial charge in [-0.2, -0.15) is 5.10 Å². The number of hydrogen-bond acceptors (Lipinski definition) is 4. The second-order valence-electron chi connectivity index (χ2n) is 6.32. The first kappa shape index (κ1) is 17.3. The highest BCUT2D eigenvalue weighted by Crippen LogP contribution is 2.17. The minimum atomic E-state index is -0.243. The number of anilines is 2. The van der Waals surface area contributed by atoms with Crippen molar-refractivity contribution in [1.82, 2.24) is 20.1 Å². The number of rotatable bonds is 5. The lowest BCUT2D eigenvalue weighted by Gasteiger charge is -2.21. The molecule has 1 fully saturated rings. The van der Waals surface area contributed by atoms with Crippen molar-refractivity contribution in [1.29, 1.82) is 0 Å². The summed E-state index contributed by atoms with van der Waals surface area (Å²) < 4.78 is 1.76. The number of aryl methyl sites for hydroxylation is 1. The Morgan fingerprint density at radius 3 is 2.60 bits per heavy atom. The van der Waals surface area contributed by atoms with Crippen LogP contribution in [0, 0.1) is 0 Å². The molecule has 0 saturated carbocycles. The zero-order valence-electron chi connectivity index (χ0n) is 14.7. The topological polar surface area (TPSA) is 75.1 Å². The molecular weight excluding hydrogens is 316 g/mol. The van der Waals surface area contributed by atoms with Crippen molar-refractivity contribution >= 4 is 17.5 Å². The van der Waals surface area contributed by atoms with E-state index in [0.717, 1.165) is 31.0 Å². The van der Waals surface area contributed by atoms with E-state index >= 15 is 0 Å². The third kappa shape index (κ3) is 4.95. The van der Waals surface area contributed by atoms with E-state index in [-0.39, 0.29) is 6.03 Å². The smallest absolute Gasteiger partial charge is 0.319 e. The van der Waals surface area contributed by atoms with Gasteiger partial charge in [0.05, 0.1) is 11.9 Å². The molecule has 134 valence electrons. The number of carbonyl (C=O) groups is 1. The van der Waals surface area contributed by atoms with Gasteiger partial charge in [-0.15, -0.1) is 0 Å². The van der Waals surface area contributed by atoms with Gasteiger partial charge in [-0.1, -0.05) is 18.9 Å². The van der Waals surface area contributed by atoms with Crippen LogP contribution in [0.15, 0.2) is 30.7 Å². The first-order valence-corrected chi connectivity index (χ1v) is 9.02. The van der Waals surface area contributed by atoms with Crippen LogP contribution in [0.1, 0.15) is 38.2 Å². The molecule has 7 nitrogen and oxygen atoms in total. The fourth-order valence-electron chi connectivity index (χ4n) is 2.97. The summed E-state index contributed by atoms with van der Waals surface area (Å²) in [5, 5.41) is 9.74. The van der Waals surface area contributed by atoms with Crippen LogP contribution in [0.5, 0.6) is 0 Å². The summed E-state index contributed by atoms with van der Waals surface area (Å²) in [4.78, 5) is 18.9. The van der Waals surface area contributed by atoms with Crippen LogP contribution < -0.4 is 15.5 Å². The molecule has 0 spiro atoms. The first-order chi connectivity index (χ1) is 12.2. The van der Waals surface area contributed by atoms with Gasteiger partial charge in [0.25, 0.3) is 0 Å². The van der Waals surface area contributed by atoms with Crippen molar-refractivity contribution in [2.75, 3.05) is 23.3 Å². The standard InChI is InChI=1S/C18H26N6O/c1-2-24-14-16(13-21-24)22-18(25)20-12-15-7-8-17(19-11-15)23-9-5-3-4-6-10-23/h7-8,11,13-14H,2-6,9-10,12H2,1H3,(H2,20,22,25). The fraction of sp³-hybridized carbons (Fsp3) is 0.500. The predicted molar refractivity (Wildman–Crippen MR) is 98.7 cm³/mol. The largest absolute Gasteiger partial charge is 0.357 e. The Morgan fingerprint density at radius 1 is 1.16 bits per heavy atom. The molecule has 0 atom stereocenters. The number of nitrogens with zero attached hydrogens (tertiary/aromatic N) is 4. The summed E-state index contributed by atoms with van der Waals surface area (Å²) in [6.45, 7) is 5.38. The van der Waals surface area contributed by atoms with Gasteiger partial charge in [0.15, 0.2) is 0 Å². The lowest BCUT2D eigenvalue weighted by Crippen LogP contribution is -2.28. The maximum atomic E-state index is 11.9. The molecule has 2 aromatic rings. The third-order valence-corrected chi connectivity index (χ3v) is 4.41.